The Morgan fingerprint density at radius 3 is 1.89 bits per heavy atom. The zero-order chi connectivity index (χ0) is 13.4. The van der Waals surface area contributed by atoms with E-state index in [4.69, 9.17) is 9.59 Å². The van der Waals surface area contributed by atoms with Gasteiger partial charge in [0.25, 0.3) is 0 Å². The lowest BCUT2D eigenvalue weighted by Gasteiger charge is -2.41. The van der Waals surface area contributed by atoms with Crippen molar-refractivity contribution in [3.8, 4) is 0 Å². The Kier molecular flexibility index (Phi) is 7.18. The molecule has 104 valence electrons. The molecule has 18 heavy (non-hydrogen) atoms. The average Bonchev–Trinajstić information content (AvgIpc) is 2.41. The fourth-order valence-corrected chi connectivity index (χ4v) is 3.05. The highest BCUT2D eigenvalue weighted by molar-refractivity contribution is 5.20. The van der Waals surface area contributed by atoms with Gasteiger partial charge in [-0.05, 0) is 65.7 Å². The maximum atomic E-state index is 8.12. The van der Waals surface area contributed by atoms with Crippen LogP contribution in [-0.4, -0.2) is 54.2 Å². The molecule has 2 aliphatic rings. The molecular weight excluding hydrogens is 228 g/mol. The maximum absolute atomic E-state index is 8.12. The quantitative estimate of drug-likeness (QED) is 0.753. The Morgan fingerprint density at radius 2 is 1.44 bits per heavy atom. The van der Waals surface area contributed by atoms with Gasteiger partial charge in [0.05, 0.1) is 0 Å². The highest BCUT2D eigenvalue weighted by atomic mass is 16.2. The van der Waals surface area contributed by atoms with Crippen LogP contribution in [-0.2, 0) is 9.59 Å². The molecule has 0 aromatic carbocycles. The first-order chi connectivity index (χ1) is 8.69. The molecule has 4 nitrogen and oxygen atoms in total. The van der Waals surface area contributed by atoms with Gasteiger partial charge in [-0.2, -0.15) is 9.59 Å². The second-order valence-electron chi connectivity index (χ2n) is 5.54. The van der Waals surface area contributed by atoms with E-state index in [1.54, 1.807) is 0 Å². The second-order valence-corrected chi connectivity index (χ2v) is 5.54. The van der Waals surface area contributed by atoms with E-state index in [0.29, 0.717) is 0 Å². The van der Waals surface area contributed by atoms with Gasteiger partial charge in [-0.25, -0.2) is 0 Å². The van der Waals surface area contributed by atoms with Crippen molar-refractivity contribution in [3.63, 3.8) is 0 Å². The van der Waals surface area contributed by atoms with Crippen molar-refractivity contribution in [2.45, 2.75) is 58.0 Å². The van der Waals surface area contributed by atoms with Gasteiger partial charge in [-0.3, -0.25) is 0 Å². The SMILES string of the molecule is CC(C)N1CCC(N2CCCCC2)CC1.O=C=O. The van der Waals surface area contributed by atoms with Crippen molar-refractivity contribution in [2.75, 3.05) is 26.2 Å². The van der Waals surface area contributed by atoms with Gasteiger partial charge in [-0.15, -0.1) is 0 Å². The first-order valence-electron chi connectivity index (χ1n) is 7.16. The zero-order valence-electron chi connectivity index (χ0n) is 11.7. The third-order valence-electron chi connectivity index (χ3n) is 4.14. The summed E-state index contributed by atoms with van der Waals surface area (Å²) in [5, 5.41) is 0. The van der Waals surface area contributed by atoms with Crippen LogP contribution in [0.4, 0.5) is 0 Å². The Morgan fingerprint density at radius 1 is 0.944 bits per heavy atom. The number of rotatable bonds is 2. The normalized spacial score (nSPS) is 23.3. The van der Waals surface area contributed by atoms with Crippen LogP contribution in [0.5, 0.6) is 0 Å². The van der Waals surface area contributed by atoms with Crippen LogP contribution in [0.25, 0.3) is 0 Å². The summed E-state index contributed by atoms with van der Waals surface area (Å²) in [4.78, 5) is 21.6. The summed E-state index contributed by atoms with van der Waals surface area (Å²) in [5.74, 6) is 0. The van der Waals surface area contributed by atoms with E-state index in [0.717, 1.165) is 12.1 Å². The standard InChI is InChI=1S/C13H26N2.CO2/c1-12(2)14-10-6-13(7-11-14)15-8-4-3-5-9-15;2-1-3/h12-13H,3-11H2,1-2H3;. The van der Waals surface area contributed by atoms with Gasteiger partial charge in [0.2, 0.25) is 0 Å². The van der Waals surface area contributed by atoms with Crippen molar-refractivity contribution in [3.05, 3.63) is 0 Å². The number of nitrogens with zero attached hydrogens (tertiary/aromatic N) is 2. The summed E-state index contributed by atoms with van der Waals surface area (Å²) >= 11 is 0. The molecule has 2 saturated heterocycles. The average molecular weight is 254 g/mol. The highest BCUT2D eigenvalue weighted by Gasteiger charge is 2.26. The maximum Gasteiger partial charge on any atom is 0.373 e. The largest absolute Gasteiger partial charge is 0.373 e. The zero-order valence-corrected chi connectivity index (χ0v) is 11.7. The van der Waals surface area contributed by atoms with E-state index in [1.807, 2.05) is 0 Å². The lowest BCUT2D eigenvalue weighted by molar-refractivity contribution is -0.191. The summed E-state index contributed by atoms with van der Waals surface area (Å²) in [6.07, 6.45) is 7.38. The lowest BCUT2D eigenvalue weighted by Crippen LogP contribution is -2.48. The van der Waals surface area contributed by atoms with E-state index >= 15 is 0 Å². The number of carbonyl (C=O) groups excluding carboxylic acids is 2. The van der Waals surface area contributed by atoms with E-state index in [9.17, 15) is 0 Å². The van der Waals surface area contributed by atoms with Gasteiger partial charge < -0.3 is 9.80 Å². The second kappa shape index (κ2) is 8.41. The molecule has 0 saturated carbocycles. The van der Waals surface area contributed by atoms with Crippen molar-refractivity contribution in [2.24, 2.45) is 0 Å². The minimum Gasteiger partial charge on any atom is -0.301 e. The molecule has 0 unspecified atom stereocenters. The summed E-state index contributed by atoms with van der Waals surface area (Å²) in [7, 11) is 0. The van der Waals surface area contributed by atoms with Crippen LogP contribution in [0.2, 0.25) is 0 Å². The van der Waals surface area contributed by atoms with E-state index < -0.39 is 0 Å². The van der Waals surface area contributed by atoms with Gasteiger partial charge in [0.15, 0.2) is 0 Å². The summed E-state index contributed by atoms with van der Waals surface area (Å²) in [6.45, 7) is 10.0. The monoisotopic (exact) mass is 254 g/mol. The molecule has 2 aliphatic heterocycles. The minimum atomic E-state index is 0.250. The summed E-state index contributed by atoms with van der Waals surface area (Å²) in [6, 6.07) is 1.65. The Labute approximate surface area is 110 Å². The third kappa shape index (κ3) is 4.89. The molecule has 2 rings (SSSR count). The lowest BCUT2D eigenvalue weighted by atomic mass is 9.99. The van der Waals surface area contributed by atoms with Crippen LogP contribution >= 0.6 is 0 Å². The van der Waals surface area contributed by atoms with Gasteiger partial charge in [-0.1, -0.05) is 6.42 Å². The molecule has 0 amide bonds. The molecule has 0 spiro atoms. The minimum absolute atomic E-state index is 0.250. The topological polar surface area (TPSA) is 40.6 Å². The van der Waals surface area contributed by atoms with Crippen molar-refractivity contribution in [1.82, 2.24) is 9.80 Å². The predicted molar refractivity (Wildman–Crippen MR) is 70.2 cm³/mol. The molecule has 0 aromatic rings. The number of hydrogen-bond donors (Lipinski definition) is 0. The molecular formula is C14H26N2O2. The Bertz CT molecular complexity index is 249. The fourth-order valence-electron chi connectivity index (χ4n) is 3.05. The number of piperidine rings is 2. The van der Waals surface area contributed by atoms with Gasteiger partial charge in [0.1, 0.15) is 0 Å². The smallest absolute Gasteiger partial charge is 0.301 e. The molecule has 0 radical (unpaired) electrons. The van der Waals surface area contributed by atoms with E-state index in [1.165, 1.54) is 58.3 Å². The highest BCUT2D eigenvalue weighted by Crippen LogP contribution is 2.21. The van der Waals surface area contributed by atoms with Crippen LogP contribution < -0.4 is 0 Å². The van der Waals surface area contributed by atoms with E-state index in [2.05, 4.69) is 23.6 Å². The molecule has 2 heterocycles. The molecule has 0 bridgehead atoms. The molecule has 0 aliphatic carbocycles. The predicted octanol–water partition coefficient (Wildman–Crippen LogP) is 1.76. The summed E-state index contributed by atoms with van der Waals surface area (Å²) in [5.41, 5.74) is 0. The first kappa shape index (κ1) is 15.4. The van der Waals surface area contributed by atoms with Crippen molar-refractivity contribution >= 4 is 6.15 Å². The Balaban J connectivity index is 0.000000492. The van der Waals surface area contributed by atoms with E-state index in [-0.39, 0.29) is 6.15 Å². The summed E-state index contributed by atoms with van der Waals surface area (Å²) < 4.78 is 0. The van der Waals surface area contributed by atoms with Crippen LogP contribution in [0.1, 0.15) is 46.0 Å². The fraction of sp³-hybridized carbons (Fsp3) is 0.929. The number of likely N-dealkylation sites (tertiary alicyclic amines) is 2. The third-order valence-corrected chi connectivity index (χ3v) is 4.14. The van der Waals surface area contributed by atoms with Crippen LogP contribution in [0.3, 0.4) is 0 Å². The molecule has 0 aromatic heterocycles. The van der Waals surface area contributed by atoms with Crippen LogP contribution in [0, 0.1) is 0 Å². The van der Waals surface area contributed by atoms with Gasteiger partial charge in [0, 0.05) is 12.1 Å². The molecule has 4 heteroatoms. The molecule has 0 atom stereocenters. The van der Waals surface area contributed by atoms with Crippen molar-refractivity contribution < 1.29 is 9.59 Å². The van der Waals surface area contributed by atoms with Gasteiger partial charge >= 0.3 is 6.15 Å². The Hall–Kier alpha value is -0.700. The van der Waals surface area contributed by atoms with Crippen molar-refractivity contribution in [1.29, 1.82) is 0 Å². The first-order valence-corrected chi connectivity index (χ1v) is 7.16. The molecule has 2 fully saturated rings. The number of hydrogen-bond acceptors (Lipinski definition) is 4. The molecule has 0 N–H and O–H groups in total. The van der Waals surface area contributed by atoms with Crippen LogP contribution in [0.15, 0.2) is 0 Å².